The Morgan fingerprint density at radius 1 is 1.11 bits per heavy atom. The van der Waals surface area contributed by atoms with Crippen LogP contribution in [0, 0.1) is 5.92 Å². The summed E-state index contributed by atoms with van der Waals surface area (Å²) in [6.07, 6.45) is 1.34. The normalized spacial score (nSPS) is 12.2. The van der Waals surface area contributed by atoms with Gasteiger partial charge in [0, 0.05) is 29.2 Å². The summed E-state index contributed by atoms with van der Waals surface area (Å²) in [5.41, 5.74) is 0.851. The molecule has 0 radical (unpaired) electrons. The largest absolute Gasteiger partial charge is 0.497 e. The molecule has 2 rings (SSSR count). The van der Waals surface area contributed by atoms with E-state index in [1.54, 1.807) is 43.3 Å². The van der Waals surface area contributed by atoms with E-state index in [4.69, 9.17) is 27.9 Å². The van der Waals surface area contributed by atoms with Crippen molar-refractivity contribution in [3.05, 3.63) is 58.1 Å². The monoisotopic (exact) mass is 557 g/mol. The van der Waals surface area contributed by atoms with Crippen molar-refractivity contribution in [1.82, 2.24) is 10.2 Å². The van der Waals surface area contributed by atoms with Crippen molar-refractivity contribution in [3.63, 3.8) is 0 Å². The zero-order valence-electron chi connectivity index (χ0n) is 21.1. The number of sulfonamides is 1. The molecule has 2 aromatic carbocycles. The molecule has 0 unspecified atom stereocenters. The van der Waals surface area contributed by atoms with Gasteiger partial charge in [-0.05, 0) is 42.2 Å². The molecule has 1 atom stereocenters. The molecule has 8 nitrogen and oxygen atoms in total. The highest BCUT2D eigenvalue weighted by molar-refractivity contribution is 7.92. The van der Waals surface area contributed by atoms with Gasteiger partial charge >= 0.3 is 0 Å². The van der Waals surface area contributed by atoms with Crippen LogP contribution in [-0.4, -0.2) is 57.6 Å². The fourth-order valence-electron chi connectivity index (χ4n) is 3.55. The van der Waals surface area contributed by atoms with Gasteiger partial charge in [0.15, 0.2) is 0 Å². The number of amides is 2. The minimum Gasteiger partial charge on any atom is -0.497 e. The Hall–Kier alpha value is -2.49. The molecular weight excluding hydrogens is 525 g/mol. The first kappa shape index (κ1) is 29.7. The zero-order chi connectivity index (χ0) is 27.0. The molecule has 0 heterocycles. The minimum absolute atomic E-state index is 0.00183. The maximum atomic E-state index is 13.7. The van der Waals surface area contributed by atoms with Gasteiger partial charge in [-0.15, -0.1) is 0 Å². The van der Waals surface area contributed by atoms with Crippen LogP contribution in [0.25, 0.3) is 0 Å². The molecule has 0 fully saturated rings. The first-order valence-corrected chi connectivity index (χ1v) is 14.1. The van der Waals surface area contributed by atoms with Gasteiger partial charge in [0.2, 0.25) is 21.8 Å². The molecule has 0 aliphatic heterocycles. The number of nitrogens with one attached hydrogen (secondary N) is 1. The molecule has 0 saturated heterocycles. The maximum absolute atomic E-state index is 13.7. The highest BCUT2D eigenvalue weighted by Crippen LogP contribution is 2.26. The quantitative estimate of drug-likeness (QED) is 0.418. The molecule has 0 saturated carbocycles. The van der Waals surface area contributed by atoms with Gasteiger partial charge in [-0.25, -0.2) is 8.42 Å². The second-order valence-corrected chi connectivity index (χ2v) is 11.5. The molecule has 11 heteroatoms. The minimum atomic E-state index is -3.85. The summed E-state index contributed by atoms with van der Waals surface area (Å²) in [6, 6.07) is 10.5. The number of methoxy groups -OCH3 is 1. The average Bonchev–Trinajstić information content (AvgIpc) is 2.81. The number of hydrogen-bond donors (Lipinski definition) is 1. The standard InChI is InChI=1S/C25H33Cl2N3O5S/c1-6-23(25(32)28-14-17(2)3)29(15-18-10-11-19(26)12-22(18)27)24(31)16-30(36(5,33)34)20-8-7-9-21(13-20)35-4/h7-13,17,23H,6,14-16H2,1-5H3,(H,28,32)/t23-/m1/s1. The Morgan fingerprint density at radius 2 is 1.81 bits per heavy atom. The lowest BCUT2D eigenvalue weighted by atomic mass is 10.1. The molecular formula is C25H33Cl2N3O5S. The molecule has 198 valence electrons. The summed E-state index contributed by atoms with van der Waals surface area (Å²) in [5, 5.41) is 3.65. The van der Waals surface area contributed by atoms with Crippen molar-refractivity contribution >= 4 is 50.7 Å². The number of benzene rings is 2. The average molecular weight is 559 g/mol. The van der Waals surface area contributed by atoms with Crippen molar-refractivity contribution in [1.29, 1.82) is 0 Å². The summed E-state index contributed by atoms with van der Waals surface area (Å²) < 4.78 is 31.6. The third-order valence-corrected chi connectivity index (χ3v) is 7.17. The molecule has 1 N–H and O–H groups in total. The van der Waals surface area contributed by atoms with Crippen molar-refractivity contribution in [2.24, 2.45) is 5.92 Å². The molecule has 2 aromatic rings. The number of carbonyl (C=O) groups excluding carboxylic acids is 2. The van der Waals surface area contributed by atoms with Gasteiger partial charge in [-0.3, -0.25) is 13.9 Å². The van der Waals surface area contributed by atoms with E-state index in [2.05, 4.69) is 5.32 Å². The first-order valence-electron chi connectivity index (χ1n) is 11.5. The van der Waals surface area contributed by atoms with E-state index < -0.39 is 28.5 Å². The van der Waals surface area contributed by atoms with Crippen LogP contribution in [-0.2, 0) is 26.2 Å². The topological polar surface area (TPSA) is 96.0 Å². The van der Waals surface area contributed by atoms with E-state index in [1.807, 2.05) is 13.8 Å². The number of anilines is 1. The lowest BCUT2D eigenvalue weighted by Crippen LogP contribution is -2.52. The van der Waals surface area contributed by atoms with Crippen molar-refractivity contribution < 1.29 is 22.7 Å². The van der Waals surface area contributed by atoms with Crippen molar-refractivity contribution in [2.75, 3.05) is 30.8 Å². The Labute approximate surface area is 223 Å². The Morgan fingerprint density at radius 3 is 2.36 bits per heavy atom. The van der Waals surface area contributed by atoms with Gasteiger partial charge in [0.25, 0.3) is 0 Å². The summed E-state index contributed by atoms with van der Waals surface area (Å²) in [4.78, 5) is 28.1. The predicted molar refractivity (Wildman–Crippen MR) is 144 cm³/mol. The molecule has 0 spiro atoms. The Balaban J connectivity index is 2.47. The maximum Gasteiger partial charge on any atom is 0.244 e. The van der Waals surface area contributed by atoms with E-state index >= 15 is 0 Å². The lowest BCUT2D eigenvalue weighted by molar-refractivity contribution is -0.140. The Kier molecular flexibility index (Phi) is 10.9. The van der Waals surface area contributed by atoms with Gasteiger partial charge in [0.05, 0.1) is 19.1 Å². The van der Waals surface area contributed by atoms with Crippen LogP contribution in [0.1, 0.15) is 32.8 Å². The third kappa shape index (κ3) is 8.28. The van der Waals surface area contributed by atoms with Gasteiger partial charge in [0.1, 0.15) is 18.3 Å². The van der Waals surface area contributed by atoms with E-state index in [9.17, 15) is 18.0 Å². The van der Waals surface area contributed by atoms with E-state index in [1.165, 1.54) is 18.1 Å². The third-order valence-electron chi connectivity index (χ3n) is 5.45. The van der Waals surface area contributed by atoms with Crippen molar-refractivity contribution in [2.45, 2.75) is 39.8 Å². The van der Waals surface area contributed by atoms with Crippen LogP contribution >= 0.6 is 23.2 Å². The van der Waals surface area contributed by atoms with E-state index in [-0.39, 0.29) is 24.1 Å². The van der Waals surface area contributed by atoms with Crippen LogP contribution < -0.4 is 14.4 Å². The summed E-state index contributed by atoms with van der Waals surface area (Å²) >= 11 is 12.4. The van der Waals surface area contributed by atoms with Crippen LogP contribution in [0.4, 0.5) is 5.69 Å². The number of carbonyl (C=O) groups is 2. The SMILES string of the molecule is CC[C@H](C(=O)NCC(C)C)N(Cc1ccc(Cl)cc1Cl)C(=O)CN(c1cccc(OC)c1)S(C)(=O)=O. The van der Waals surface area contributed by atoms with Crippen LogP contribution in [0.5, 0.6) is 5.75 Å². The summed E-state index contributed by atoms with van der Waals surface area (Å²) in [7, 11) is -2.38. The molecule has 0 aromatic heterocycles. The summed E-state index contributed by atoms with van der Waals surface area (Å²) in [6.45, 7) is 5.66. The van der Waals surface area contributed by atoms with E-state index in [0.717, 1.165) is 10.6 Å². The second kappa shape index (κ2) is 13.2. The smallest absolute Gasteiger partial charge is 0.244 e. The van der Waals surface area contributed by atoms with Crippen molar-refractivity contribution in [3.8, 4) is 5.75 Å². The first-order chi connectivity index (χ1) is 16.9. The van der Waals surface area contributed by atoms with Gasteiger partial charge in [-0.2, -0.15) is 0 Å². The number of hydrogen-bond acceptors (Lipinski definition) is 5. The number of nitrogens with zero attached hydrogens (tertiary/aromatic N) is 2. The van der Waals surface area contributed by atoms with Crippen LogP contribution in [0.2, 0.25) is 10.0 Å². The number of ether oxygens (including phenoxy) is 1. The fraction of sp³-hybridized carbons (Fsp3) is 0.440. The highest BCUT2D eigenvalue weighted by atomic mass is 35.5. The van der Waals surface area contributed by atoms with Gasteiger partial charge in [-0.1, -0.05) is 56.1 Å². The fourth-order valence-corrected chi connectivity index (χ4v) is 4.86. The van der Waals surface area contributed by atoms with E-state index in [0.29, 0.717) is 34.3 Å². The predicted octanol–water partition coefficient (Wildman–Crippen LogP) is 4.35. The lowest BCUT2D eigenvalue weighted by Gasteiger charge is -2.33. The number of rotatable bonds is 12. The molecule has 0 aliphatic carbocycles. The Bertz CT molecular complexity index is 1170. The molecule has 0 bridgehead atoms. The number of halogens is 2. The molecule has 2 amide bonds. The highest BCUT2D eigenvalue weighted by Gasteiger charge is 2.32. The summed E-state index contributed by atoms with van der Waals surface area (Å²) in [5.74, 6) is -0.217. The zero-order valence-corrected chi connectivity index (χ0v) is 23.5. The van der Waals surface area contributed by atoms with Gasteiger partial charge < -0.3 is 15.0 Å². The van der Waals surface area contributed by atoms with Crippen LogP contribution in [0.3, 0.4) is 0 Å². The second-order valence-electron chi connectivity index (χ2n) is 8.79. The van der Waals surface area contributed by atoms with Crippen LogP contribution in [0.15, 0.2) is 42.5 Å². The molecule has 36 heavy (non-hydrogen) atoms. The molecule has 0 aliphatic rings.